The minimum absolute atomic E-state index is 0.471. The Bertz CT molecular complexity index is 713. The zero-order valence-electron chi connectivity index (χ0n) is 11.0. The Hall–Kier alpha value is -2.14. The van der Waals surface area contributed by atoms with Crippen molar-refractivity contribution in [3.8, 4) is 0 Å². The molecule has 19 heavy (non-hydrogen) atoms. The van der Waals surface area contributed by atoms with Crippen LogP contribution in [0.15, 0.2) is 36.8 Å². The Morgan fingerprint density at radius 2 is 2.05 bits per heavy atom. The van der Waals surface area contributed by atoms with Gasteiger partial charge < -0.3 is 9.67 Å². The fourth-order valence-corrected chi connectivity index (χ4v) is 2.33. The van der Waals surface area contributed by atoms with Gasteiger partial charge in [-0.1, -0.05) is 18.2 Å². The van der Waals surface area contributed by atoms with Crippen molar-refractivity contribution in [2.75, 3.05) is 0 Å². The van der Waals surface area contributed by atoms with Crippen molar-refractivity contribution in [2.24, 2.45) is 14.1 Å². The summed E-state index contributed by atoms with van der Waals surface area (Å²) in [6, 6.07) is 8.03. The maximum absolute atomic E-state index is 10.2. The van der Waals surface area contributed by atoms with Crippen LogP contribution in [0.2, 0.25) is 0 Å². The normalized spacial score (nSPS) is 13.0. The number of aromatic nitrogens is 4. The van der Waals surface area contributed by atoms with E-state index in [2.05, 4.69) is 10.1 Å². The second-order valence-electron chi connectivity index (χ2n) is 4.77. The van der Waals surface area contributed by atoms with E-state index in [1.165, 1.54) is 0 Å². The van der Waals surface area contributed by atoms with Crippen LogP contribution in [-0.4, -0.2) is 24.4 Å². The van der Waals surface area contributed by atoms with Gasteiger partial charge in [0.2, 0.25) is 0 Å². The highest BCUT2D eigenvalue weighted by Crippen LogP contribution is 2.22. The lowest BCUT2D eigenvalue weighted by atomic mass is 10.1. The molecule has 1 N–H and O–H groups in total. The van der Waals surface area contributed by atoms with Gasteiger partial charge in [0.1, 0.15) is 6.10 Å². The van der Waals surface area contributed by atoms with Gasteiger partial charge in [-0.25, -0.2) is 4.98 Å². The molecule has 0 aliphatic carbocycles. The van der Waals surface area contributed by atoms with Crippen molar-refractivity contribution in [3.63, 3.8) is 0 Å². The molecule has 0 spiro atoms. The molecule has 98 valence electrons. The van der Waals surface area contributed by atoms with Crippen LogP contribution in [0, 0.1) is 0 Å². The molecule has 0 amide bonds. The van der Waals surface area contributed by atoms with Crippen molar-refractivity contribution in [3.05, 3.63) is 48.2 Å². The average molecular weight is 256 g/mol. The minimum Gasteiger partial charge on any atom is -0.386 e. The van der Waals surface area contributed by atoms with E-state index in [1.807, 2.05) is 53.8 Å². The van der Waals surface area contributed by atoms with E-state index >= 15 is 0 Å². The van der Waals surface area contributed by atoms with Gasteiger partial charge in [-0.15, -0.1) is 0 Å². The summed E-state index contributed by atoms with van der Waals surface area (Å²) in [5, 5.41) is 15.8. The van der Waals surface area contributed by atoms with Gasteiger partial charge in [0, 0.05) is 32.1 Å². The van der Waals surface area contributed by atoms with Crippen LogP contribution in [-0.2, 0) is 20.5 Å². The number of aliphatic hydroxyl groups is 1. The maximum Gasteiger partial charge on any atom is 0.103 e. The summed E-state index contributed by atoms with van der Waals surface area (Å²) in [6.07, 6.45) is 3.36. The number of nitrogens with zero attached hydrogens (tertiary/aromatic N) is 4. The van der Waals surface area contributed by atoms with E-state index in [4.69, 9.17) is 0 Å². The molecular weight excluding hydrogens is 240 g/mol. The summed E-state index contributed by atoms with van der Waals surface area (Å²) in [4.78, 5) is 4.18. The van der Waals surface area contributed by atoms with Crippen LogP contribution in [0.3, 0.4) is 0 Å². The SMILES string of the molecule is Cn1cnc(C(O)Cc2nn(C)c3ccccc23)c1. The van der Waals surface area contributed by atoms with Crippen LogP contribution in [0.4, 0.5) is 0 Å². The maximum atomic E-state index is 10.2. The van der Waals surface area contributed by atoms with Crippen molar-refractivity contribution in [2.45, 2.75) is 12.5 Å². The van der Waals surface area contributed by atoms with E-state index in [1.54, 1.807) is 6.33 Å². The number of rotatable bonds is 3. The van der Waals surface area contributed by atoms with Gasteiger partial charge in [0.25, 0.3) is 0 Å². The lowest BCUT2D eigenvalue weighted by Gasteiger charge is -2.05. The summed E-state index contributed by atoms with van der Waals surface area (Å²) < 4.78 is 3.67. The molecular formula is C14H16N4O. The van der Waals surface area contributed by atoms with Crippen LogP contribution in [0.5, 0.6) is 0 Å². The number of hydrogen-bond donors (Lipinski definition) is 1. The molecule has 0 saturated heterocycles. The molecule has 2 heterocycles. The number of benzene rings is 1. The highest BCUT2D eigenvalue weighted by Gasteiger charge is 2.16. The second-order valence-corrected chi connectivity index (χ2v) is 4.77. The summed E-state index contributed by atoms with van der Waals surface area (Å²) in [7, 11) is 3.80. The number of fused-ring (bicyclic) bond motifs is 1. The molecule has 3 aromatic rings. The summed E-state index contributed by atoms with van der Waals surface area (Å²) in [5.41, 5.74) is 2.65. The van der Waals surface area contributed by atoms with E-state index in [9.17, 15) is 5.11 Å². The molecule has 0 saturated carbocycles. The predicted molar refractivity (Wildman–Crippen MR) is 72.6 cm³/mol. The second kappa shape index (κ2) is 4.51. The standard InChI is InChI=1S/C14H16N4O/c1-17-8-12(15-9-17)14(19)7-11-10-5-3-4-6-13(10)18(2)16-11/h3-6,8-9,14,19H,7H2,1-2H3. The van der Waals surface area contributed by atoms with Gasteiger partial charge in [-0.05, 0) is 6.07 Å². The topological polar surface area (TPSA) is 55.9 Å². The fraction of sp³-hybridized carbons (Fsp3) is 0.286. The van der Waals surface area contributed by atoms with Gasteiger partial charge >= 0.3 is 0 Å². The zero-order valence-corrected chi connectivity index (χ0v) is 11.0. The first kappa shape index (κ1) is 11.9. The number of aliphatic hydroxyl groups excluding tert-OH is 1. The van der Waals surface area contributed by atoms with Gasteiger partial charge in [0.05, 0.1) is 23.2 Å². The third-order valence-corrected chi connectivity index (χ3v) is 3.29. The first-order chi connectivity index (χ1) is 9.15. The average Bonchev–Trinajstić information content (AvgIpc) is 2.96. The Morgan fingerprint density at radius 1 is 1.26 bits per heavy atom. The van der Waals surface area contributed by atoms with Crippen molar-refractivity contribution >= 4 is 10.9 Å². The number of hydrogen-bond acceptors (Lipinski definition) is 3. The largest absolute Gasteiger partial charge is 0.386 e. The van der Waals surface area contributed by atoms with Crippen molar-refractivity contribution in [1.29, 1.82) is 0 Å². The van der Waals surface area contributed by atoms with Crippen molar-refractivity contribution in [1.82, 2.24) is 19.3 Å². The molecule has 1 atom stereocenters. The van der Waals surface area contributed by atoms with E-state index in [0.717, 1.165) is 16.6 Å². The molecule has 5 nitrogen and oxygen atoms in total. The number of imidazole rings is 1. The third kappa shape index (κ3) is 2.13. The molecule has 2 aromatic heterocycles. The van der Waals surface area contributed by atoms with E-state index in [-0.39, 0.29) is 0 Å². The van der Waals surface area contributed by atoms with Gasteiger partial charge in [0.15, 0.2) is 0 Å². The van der Waals surface area contributed by atoms with Gasteiger partial charge in [-0.3, -0.25) is 4.68 Å². The van der Waals surface area contributed by atoms with E-state index < -0.39 is 6.10 Å². The smallest absolute Gasteiger partial charge is 0.103 e. The Morgan fingerprint density at radius 3 is 2.79 bits per heavy atom. The van der Waals surface area contributed by atoms with Crippen LogP contribution < -0.4 is 0 Å². The minimum atomic E-state index is -0.625. The Kier molecular flexibility index (Phi) is 2.83. The van der Waals surface area contributed by atoms with Crippen LogP contribution in [0.1, 0.15) is 17.5 Å². The monoisotopic (exact) mass is 256 g/mol. The number of para-hydroxylation sites is 1. The highest BCUT2D eigenvalue weighted by atomic mass is 16.3. The molecule has 1 unspecified atom stereocenters. The molecule has 1 aromatic carbocycles. The molecule has 0 aliphatic rings. The quantitative estimate of drug-likeness (QED) is 0.774. The van der Waals surface area contributed by atoms with Crippen LogP contribution >= 0.6 is 0 Å². The first-order valence-electron chi connectivity index (χ1n) is 6.21. The molecule has 3 rings (SSSR count). The molecule has 0 fully saturated rings. The zero-order chi connectivity index (χ0) is 13.4. The summed E-state index contributed by atoms with van der Waals surface area (Å²) >= 11 is 0. The molecule has 0 radical (unpaired) electrons. The number of aryl methyl sites for hydroxylation is 2. The third-order valence-electron chi connectivity index (χ3n) is 3.29. The van der Waals surface area contributed by atoms with E-state index in [0.29, 0.717) is 12.1 Å². The van der Waals surface area contributed by atoms with Crippen molar-refractivity contribution < 1.29 is 5.11 Å². The Labute approximate surface area is 111 Å². The van der Waals surface area contributed by atoms with Crippen LogP contribution in [0.25, 0.3) is 10.9 Å². The summed E-state index contributed by atoms with van der Waals surface area (Å²) in [5.74, 6) is 0. The molecule has 0 aliphatic heterocycles. The lowest BCUT2D eigenvalue weighted by molar-refractivity contribution is 0.173. The van der Waals surface area contributed by atoms with Gasteiger partial charge in [-0.2, -0.15) is 5.10 Å². The molecule has 0 bridgehead atoms. The first-order valence-corrected chi connectivity index (χ1v) is 6.21. The Balaban J connectivity index is 1.93. The summed E-state index contributed by atoms with van der Waals surface area (Å²) in [6.45, 7) is 0. The molecule has 5 heteroatoms. The highest BCUT2D eigenvalue weighted by molar-refractivity contribution is 5.81. The fourth-order valence-electron chi connectivity index (χ4n) is 2.33. The lowest BCUT2D eigenvalue weighted by Crippen LogP contribution is -2.03. The predicted octanol–water partition coefficient (Wildman–Crippen LogP) is 1.58.